The molecular weight excluding hydrogens is 381 g/mol. The van der Waals surface area contributed by atoms with Crippen LogP contribution in [0.15, 0.2) is 48.9 Å². The Morgan fingerprint density at radius 2 is 1.83 bits per heavy atom. The van der Waals surface area contributed by atoms with E-state index >= 15 is 0 Å². The molecule has 1 aliphatic heterocycles. The van der Waals surface area contributed by atoms with Gasteiger partial charge in [0.1, 0.15) is 11.3 Å². The number of fused-ring (bicyclic) bond motifs is 2. The fourth-order valence-electron chi connectivity index (χ4n) is 4.22. The van der Waals surface area contributed by atoms with E-state index in [1.807, 2.05) is 18.5 Å². The predicted octanol–water partition coefficient (Wildman–Crippen LogP) is 4.22. The van der Waals surface area contributed by atoms with Gasteiger partial charge in [0.2, 0.25) is 0 Å². The minimum Gasteiger partial charge on any atom is -0.337 e. The number of nitrogens with zero attached hydrogens (tertiary/aromatic N) is 5. The fraction of sp³-hybridized carbons (Fsp3) is 0.217. The van der Waals surface area contributed by atoms with Crippen molar-refractivity contribution in [1.29, 1.82) is 0 Å². The fourth-order valence-corrected chi connectivity index (χ4v) is 4.22. The number of carbonyl (C=O) groups excluding carboxylic acids is 1. The zero-order valence-corrected chi connectivity index (χ0v) is 16.3. The quantitative estimate of drug-likeness (QED) is 0.517. The minimum absolute atomic E-state index is 0.00211. The first kappa shape index (κ1) is 17.3. The molecule has 0 N–H and O–H groups in total. The molecule has 1 saturated carbocycles. The molecule has 6 nitrogen and oxygen atoms in total. The van der Waals surface area contributed by atoms with E-state index in [-0.39, 0.29) is 11.7 Å². The number of amides is 1. The zero-order valence-electron chi connectivity index (χ0n) is 16.3. The van der Waals surface area contributed by atoms with Crippen LogP contribution < -0.4 is 0 Å². The summed E-state index contributed by atoms with van der Waals surface area (Å²) in [4.78, 5) is 18.4. The van der Waals surface area contributed by atoms with Gasteiger partial charge in [-0.2, -0.15) is 5.10 Å². The van der Waals surface area contributed by atoms with Crippen LogP contribution >= 0.6 is 0 Å². The van der Waals surface area contributed by atoms with Crippen LogP contribution in [0, 0.1) is 5.82 Å². The van der Waals surface area contributed by atoms with Gasteiger partial charge in [-0.05, 0) is 53.8 Å². The molecule has 1 amide bonds. The molecule has 1 fully saturated rings. The number of halogens is 1. The van der Waals surface area contributed by atoms with Crippen molar-refractivity contribution in [3.05, 3.63) is 65.9 Å². The molecule has 0 unspecified atom stereocenters. The number of rotatable bonds is 3. The Labute approximate surface area is 172 Å². The SMILES string of the molecule is CN1Cc2cc(-c3cc(-c4cnnc5c4ncn5C4CC4)ccc3F)ccc2C1=O. The van der Waals surface area contributed by atoms with Crippen LogP contribution in [0.4, 0.5) is 4.39 Å². The first-order valence-electron chi connectivity index (χ1n) is 9.97. The van der Waals surface area contributed by atoms with Gasteiger partial charge in [-0.15, -0.1) is 5.10 Å². The van der Waals surface area contributed by atoms with E-state index in [4.69, 9.17) is 0 Å². The third kappa shape index (κ3) is 2.55. The lowest BCUT2D eigenvalue weighted by molar-refractivity contribution is 0.0816. The smallest absolute Gasteiger partial charge is 0.254 e. The standard InChI is InChI=1S/C23H18FN5O/c1-28-11-15-8-13(2-6-17(15)23(28)30)18-9-14(3-7-20(18)24)19-10-26-27-22-21(19)25-12-29(22)16-4-5-16/h2-3,6-10,12,16H,4-5,11H2,1H3. The number of hydrogen-bond donors (Lipinski definition) is 0. The zero-order chi connectivity index (χ0) is 20.4. The molecular formula is C23H18FN5O. The predicted molar refractivity (Wildman–Crippen MR) is 110 cm³/mol. The highest BCUT2D eigenvalue weighted by Gasteiger charge is 2.27. The van der Waals surface area contributed by atoms with E-state index in [2.05, 4.69) is 19.7 Å². The second kappa shape index (κ2) is 6.19. The first-order valence-corrected chi connectivity index (χ1v) is 9.97. The maximum absolute atomic E-state index is 14.8. The van der Waals surface area contributed by atoms with Crippen molar-refractivity contribution in [1.82, 2.24) is 24.6 Å². The van der Waals surface area contributed by atoms with Crippen LogP contribution in [-0.2, 0) is 6.54 Å². The highest BCUT2D eigenvalue weighted by atomic mass is 19.1. The molecule has 2 aliphatic rings. The Hall–Kier alpha value is -3.61. The topological polar surface area (TPSA) is 63.9 Å². The maximum atomic E-state index is 14.8. The molecule has 0 bridgehead atoms. The van der Waals surface area contributed by atoms with Gasteiger partial charge >= 0.3 is 0 Å². The summed E-state index contributed by atoms with van der Waals surface area (Å²) in [6, 6.07) is 11.0. The van der Waals surface area contributed by atoms with Gasteiger partial charge < -0.3 is 9.47 Å². The summed E-state index contributed by atoms with van der Waals surface area (Å²) in [5.41, 5.74) is 6.04. The van der Waals surface area contributed by atoms with Crippen molar-refractivity contribution in [2.24, 2.45) is 0 Å². The summed E-state index contributed by atoms with van der Waals surface area (Å²) in [6.45, 7) is 0.539. The minimum atomic E-state index is -0.307. The van der Waals surface area contributed by atoms with Crippen LogP contribution in [0.5, 0.6) is 0 Å². The van der Waals surface area contributed by atoms with E-state index in [1.165, 1.54) is 6.07 Å². The lowest BCUT2D eigenvalue weighted by Crippen LogP contribution is -2.17. The summed E-state index contributed by atoms with van der Waals surface area (Å²) in [5, 5.41) is 8.45. The number of aromatic nitrogens is 4. The van der Waals surface area contributed by atoms with Gasteiger partial charge in [-0.1, -0.05) is 12.1 Å². The van der Waals surface area contributed by atoms with Crippen molar-refractivity contribution in [3.63, 3.8) is 0 Å². The lowest BCUT2D eigenvalue weighted by Gasteiger charge is -2.09. The molecule has 0 spiro atoms. The monoisotopic (exact) mass is 399 g/mol. The normalized spacial score (nSPS) is 15.8. The third-order valence-electron chi connectivity index (χ3n) is 5.98. The molecule has 1 aliphatic carbocycles. The van der Waals surface area contributed by atoms with Gasteiger partial charge in [0, 0.05) is 36.3 Å². The highest BCUT2D eigenvalue weighted by Crippen LogP contribution is 2.38. The maximum Gasteiger partial charge on any atom is 0.254 e. The number of hydrogen-bond acceptors (Lipinski definition) is 4. The molecule has 7 heteroatoms. The van der Waals surface area contributed by atoms with Crippen LogP contribution in [-0.4, -0.2) is 37.6 Å². The van der Waals surface area contributed by atoms with Crippen molar-refractivity contribution in [2.75, 3.05) is 7.05 Å². The van der Waals surface area contributed by atoms with Crippen molar-refractivity contribution in [3.8, 4) is 22.3 Å². The van der Waals surface area contributed by atoms with Gasteiger partial charge in [0.25, 0.3) is 5.91 Å². The Morgan fingerprint density at radius 3 is 2.67 bits per heavy atom. The number of imidazole rings is 1. The van der Waals surface area contributed by atoms with Crippen molar-refractivity contribution < 1.29 is 9.18 Å². The third-order valence-corrected chi connectivity index (χ3v) is 5.98. The molecule has 0 saturated heterocycles. The molecule has 6 rings (SSSR count). The molecule has 0 atom stereocenters. The molecule has 0 radical (unpaired) electrons. The highest BCUT2D eigenvalue weighted by molar-refractivity contribution is 5.99. The Kier molecular flexibility index (Phi) is 3.56. The largest absolute Gasteiger partial charge is 0.337 e. The van der Waals surface area contributed by atoms with E-state index in [1.54, 1.807) is 36.3 Å². The second-order valence-electron chi connectivity index (χ2n) is 8.04. The van der Waals surface area contributed by atoms with E-state index < -0.39 is 0 Å². The van der Waals surface area contributed by atoms with Crippen LogP contribution in [0.25, 0.3) is 33.4 Å². The van der Waals surface area contributed by atoms with E-state index in [0.717, 1.165) is 46.3 Å². The van der Waals surface area contributed by atoms with Gasteiger partial charge in [-0.3, -0.25) is 4.79 Å². The van der Waals surface area contributed by atoms with Crippen molar-refractivity contribution >= 4 is 17.1 Å². The first-order chi connectivity index (χ1) is 14.6. The van der Waals surface area contributed by atoms with Crippen LogP contribution in [0.2, 0.25) is 0 Å². The van der Waals surface area contributed by atoms with Gasteiger partial charge in [-0.25, -0.2) is 9.37 Å². The molecule has 3 heterocycles. The lowest BCUT2D eigenvalue weighted by atomic mass is 9.96. The van der Waals surface area contributed by atoms with Crippen LogP contribution in [0.1, 0.15) is 34.8 Å². The summed E-state index contributed by atoms with van der Waals surface area (Å²) in [7, 11) is 1.77. The molecule has 2 aromatic heterocycles. The molecule has 2 aromatic carbocycles. The second-order valence-corrected chi connectivity index (χ2v) is 8.04. The van der Waals surface area contributed by atoms with E-state index in [9.17, 15) is 9.18 Å². The van der Waals surface area contributed by atoms with Gasteiger partial charge in [0.05, 0.1) is 12.5 Å². The summed E-state index contributed by atoms with van der Waals surface area (Å²) in [5.74, 6) is -0.305. The van der Waals surface area contributed by atoms with Gasteiger partial charge in [0.15, 0.2) is 5.65 Å². The average Bonchev–Trinajstić information content (AvgIpc) is 3.44. The average molecular weight is 399 g/mol. The summed E-state index contributed by atoms with van der Waals surface area (Å²) >= 11 is 0. The Bertz CT molecular complexity index is 1340. The van der Waals surface area contributed by atoms with Crippen molar-refractivity contribution in [2.45, 2.75) is 25.4 Å². The molecule has 4 aromatic rings. The molecule has 148 valence electrons. The number of benzene rings is 2. The van der Waals surface area contributed by atoms with E-state index in [0.29, 0.717) is 23.7 Å². The number of carbonyl (C=O) groups is 1. The Balaban J connectivity index is 1.47. The summed E-state index contributed by atoms with van der Waals surface area (Å²) in [6.07, 6.45) is 5.76. The summed E-state index contributed by atoms with van der Waals surface area (Å²) < 4.78 is 16.9. The Morgan fingerprint density at radius 1 is 1.03 bits per heavy atom. The molecule has 30 heavy (non-hydrogen) atoms. The van der Waals surface area contributed by atoms with Crippen LogP contribution in [0.3, 0.4) is 0 Å².